The summed E-state index contributed by atoms with van der Waals surface area (Å²) in [6.45, 7) is 1.59. The Balaban J connectivity index is 2.14. The summed E-state index contributed by atoms with van der Waals surface area (Å²) in [4.78, 5) is 37.1. The highest BCUT2D eigenvalue weighted by molar-refractivity contribution is 6.25. The molecule has 0 atom stereocenters. The molecule has 4 heteroatoms. The average Bonchev–Trinajstić information content (AvgIpc) is 2.44. The van der Waals surface area contributed by atoms with Gasteiger partial charge >= 0.3 is 0 Å². The number of hydrogen-bond acceptors (Lipinski definition) is 3. The van der Waals surface area contributed by atoms with Gasteiger partial charge in [-0.15, -0.1) is 0 Å². The smallest absolute Gasteiger partial charge is 0.261 e. The average molecular weight is 267 g/mol. The van der Waals surface area contributed by atoms with Crippen molar-refractivity contribution >= 4 is 28.4 Å². The van der Waals surface area contributed by atoms with Crippen molar-refractivity contribution in [2.24, 2.45) is 0 Å². The fourth-order valence-corrected chi connectivity index (χ4v) is 2.55. The van der Waals surface area contributed by atoms with E-state index in [0.717, 1.165) is 5.39 Å². The molecule has 0 aliphatic carbocycles. The number of rotatable bonds is 3. The van der Waals surface area contributed by atoms with Gasteiger partial charge in [-0.05, 0) is 24.4 Å². The molecular formula is C16H13NO3. The molecule has 2 amide bonds. The lowest BCUT2D eigenvalue weighted by Gasteiger charge is -2.26. The number of imide groups is 1. The molecule has 3 rings (SSSR count). The standard InChI is InChI=1S/C16H13NO3/c1-10(18)8-9-17-15(19)12-6-2-4-11-5-3-7-13(14(11)12)16(17)20/h2-7H,8-9H2,1H3. The maximum absolute atomic E-state index is 12.4. The van der Waals surface area contributed by atoms with E-state index in [-0.39, 0.29) is 30.6 Å². The first-order chi connectivity index (χ1) is 9.59. The molecular weight excluding hydrogens is 254 g/mol. The Kier molecular flexibility index (Phi) is 2.86. The lowest BCUT2D eigenvalue weighted by Crippen LogP contribution is -2.41. The monoisotopic (exact) mass is 267 g/mol. The summed E-state index contributed by atoms with van der Waals surface area (Å²) in [5, 5.41) is 1.59. The topological polar surface area (TPSA) is 54.5 Å². The van der Waals surface area contributed by atoms with E-state index in [1.54, 1.807) is 24.3 Å². The number of carbonyl (C=O) groups excluding carboxylic acids is 3. The zero-order chi connectivity index (χ0) is 14.3. The van der Waals surface area contributed by atoms with Gasteiger partial charge in [0.25, 0.3) is 11.8 Å². The minimum Gasteiger partial charge on any atom is -0.300 e. The molecule has 2 aromatic rings. The molecule has 4 nitrogen and oxygen atoms in total. The van der Waals surface area contributed by atoms with E-state index in [4.69, 9.17) is 0 Å². The van der Waals surface area contributed by atoms with Crippen LogP contribution in [0.15, 0.2) is 36.4 Å². The van der Waals surface area contributed by atoms with Crippen molar-refractivity contribution in [2.75, 3.05) is 6.54 Å². The van der Waals surface area contributed by atoms with E-state index >= 15 is 0 Å². The van der Waals surface area contributed by atoms with Gasteiger partial charge in [-0.2, -0.15) is 0 Å². The zero-order valence-corrected chi connectivity index (χ0v) is 11.1. The Morgan fingerprint density at radius 1 is 1.00 bits per heavy atom. The zero-order valence-electron chi connectivity index (χ0n) is 11.1. The Morgan fingerprint density at radius 3 is 2.05 bits per heavy atom. The minimum atomic E-state index is -0.319. The second-order valence-electron chi connectivity index (χ2n) is 4.92. The van der Waals surface area contributed by atoms with Crippen LogP contribution < -0.4 is 0 Å². The van der Waals surface area contributed by atoms with E-state index in [0.29, 0.717) is 16.5 Å². The number of amides is 2. The first-order valence-corrected chi connectivity index (χ1v) is 6.47. The summed E-state index contributed by atoms with van der Waals surface area (Å²) in [5.41, 5.74) is 1.06. The third-order valence-corrected chi connectivity index (χ3v) is 3.54. The maximum Gasteiger partial charge on any atom is 0.261 e. The molecule has 2 aromatic carbocycles. The number of ketones is 1. The highest BCUT2D eigenvalue weighted by Gasteiger charge is 2.32. The van der Waals surface area contributed by atoms with E-state index < -0.39 is 0 Å². The van der Waals surface area contributed by atoms with Crippen molar-refractivity contribution in [3.63, 3.8) is 0 Å². The third kappa shape index (κ3) is 1.81. The second kappa shape index (κ2) is 4.56. The van der Waals surface area contributed by atoms with Gasteiger partial charge < -0.3 is 0 Å². The Bertz CT molecular complexity index is 698. The molecule has 1 heterocycles. The van der Waals surface area contributed by atoms with Crippen molar-refractivity contribution in [2.45, 2.75) is 13.3 Å². The molecule has 0 bridgehead atoms. The molecule has 20 heavy (non-hydrogen) atoms. The van der Waals surface area contributed by atoms with Crippen LogP contribution in [0.25, 0.3) is 10.8 Å². The van der Waals surface area contributed by atoms with Gasteiger partial charge in [-0.1, -0.05) is 24.3 Å². The highest BCUT2D eigenvalue weighted by atomic mass is 16.2. The normalized spacial score (nSPS) is 13.9. The van der Waals surface area contributed by atoms with Crippen molar-refractivity contribution < 1.29 is 14.4 Å². The summed E-state index contributed by atoms with van der Waals surface area (Å²) in [5.74, 6) is -0.677. The van der Waals surface area contributed by atoms with Crippen LogP contribution in [0, 0.1) is 0 Å². The predicted octanol–water partition coefficient (Wildman–Crippen LogP) is 2.41. The first kappa shape index (κ1) is 12.5. The maximum atomic E-state index is 12.4. The predicted molar refractivity (Wildman–Crippen MR) is 74.6 cm³/mol. The van der Waals surface area contributed by atoms with Gasteiger partial charge in [0.2, 0.25) is 0 Å². The largest absolute Gasteiger partial charge is 0.300 e. The van der Waals surface area contributed by atoms with Crippen molar-refractivity contribution in [3.05, 3.63) is 47.5 Å². The van der Waals surface area contributed by atoms with Crippen molar-refractivity contribution in [1.82, 2.24) is 4.90 Å². The van der Waals surface area contributed by atoms with E-state index in [2.05, 4.69) is 0 Å². The lowest BCUT2D eigenvalue weighted by atomic mass is 9.94. The van der Waals surface area contributed by atoms with Crippen LogP contribution in [0.2, 0.25) is 0 Å². The number of Topliss-reactive ketones (excluding diaryl/α,β-unsaturated/α-hetero) is 1. The van der Waals surface area contributed by atoms with Crippen molar-refractivity contribution in [3.8, 4) is 0 Å². The fourth-order valence-electron chi connectivity index (χ4n) is 2.55. The molecule has 100 valence electrons. The quantitative estimate of drug-likeness (QED) is 0.802. The van der Waals surface area contributed by atoms with Crippen molar-refractivity contribution in [1.29, 1.82) is 0 Å². The SMILES string of the molecule is CC(=O)CCN1C(=O)c2cccc3cccc(c23)C1=O. The molecule has 0 aromatic heterocycles. The molecule has 0 spiro atoms. The first-order valence-electron chi connectivity index (χ1n) is 6.47. The molecule has 1 aliphatic heterocycles. The summed E-state index contributed by atoms with van der Waals surface area (Å²) in [7, 11) is 0. The number of benzene rings is 2. The van der Waals surface area contributed by atoms with Crippen LogP contribution in [0.1, 0.15) is 34.1 Å². The van der Waals surface area contributed by atoms with Crippen LogP contribution in [0.4, 0.5) is 0 Å². The van der Waals surface area contributed by atoms with Crippen LogP contribution in [-0.4, -0.2) is 29.0 Å². The van der Waals surface area contributed by atoms with E-state index in [9.17, 15) is 14.4 Å². The van der Waals surface area contributed by atoms with Gasteiger partial charge in [0.15, 0.2) is 0 Å². The molecule has 0 saturated heterocycles. The molecule has 0 unspecified atom stereocenters. The van der Waals surface area contributed by atoms with Gasteiger partial charge in [0.1, 0.15) is 5.78 Å². The number of carbonyl (C=O) groups is 3. The summed E-state index contributed by atoms with van der Waals surface area (Å²) >= 11 is 0. The minimum absolute atomic E-state index is 0.0392. The summed E-state index contributed by atoms with van der Waals surface area (Å²) < 4.78 is 0. The lowest BCUT2D eigenvalue weighted by molar-refractivity contribution is -0.117. The molecule has 0 saturated carbocycles. The molecule has 0 fully saturated rings. The Morgan fingerprint density at radius 2 is 1.55 bits per heavy atom. The number of nitrogens with zero attached hydrogens (tertiary/aromatic N) is 1. The van der Waals surface area contributed by atoms with Gasteiger partial charge in [-0.25, -0.2) is 0 Å². The van der Waals surface area contributed by atoms with E-state index in [1.807, 2.05) is 12.1 Å². The van der Waals surface area contributed by atoms with E-state index in [1.165, 1.54) is 11.8 Å². The van der Waals surface area contributed by atoms with Gasteiger partial charge in [-0.3, -0.25) is 19.3 Å². The van der Waals surface area contributed by atoms with Crippen LogP contribution in [0.5, 0.6) is 0 Å². The summed E-state index contributed by atoms with van der Waals surface area (Å²) in [6.07, 6.45) is 0.190. The molecule has 0 radical (unpaired) electrons. The van der Waals surface area contributed by atoms with Crippen LogP contribution >= 0.6 is 0 Å². The Labute approximate surface area is 116 Å². The third-order valence-electron chi connectivity index (χ3n) is 3.54. The van der Waals surface area contributed by atoms with Crippen LogP contribution in [0.3, 0.4) is 0 Å². The Hall–Kier alpha value is -2.49. The highest BCUT2D eigenvalue weighted by Crippen LogP contribution is 2.29. The second-order valence-corrected chi connectivity index (χ2v) is 4.92. The van der Waals surface area contributed by atoms with Gasteiger partial charge in [0, 0.05) is 29.5 Å². The fraction of sp³-hybridized carbons (Fsp3) is 0.188. The summed E-state index contributed by atoms with van der Waals surface area (Å²) in [6, 6.07) is 10.8. The molecule has 1 aliphatic rings. The number of hydrogen-bond donors (Lipinski definition) is 0. The van der Waals surface area contributed by atoms with Gasteiger partial charge in [0.05, 0.1) is 0 Å². The molecule has 0 N–H and O–H groups in total. The van der Waals surface area contributed by atoms with Crippen LogP contribution in [-0.2, 0) is 4.79 Å².